The van der Waals surface area contributed by atoms with Crippen LogP contribution in [0.5, 0.6) is 5.75 Å². The predicted molar refractivity (Wildman–Crippen MR) is 103 cm³/mol. The van der Waals surface area contributed by atoms with Crippen LogP contribution >= 0.6 is 23.2 Å². The van der Waals surface area contributed by atoms with Crippen LogP contribution in [0.25, 0.3) is 0 Å². The van der Waals surface area contributed by atoms with Crippen LogP contribution in [0.4, 0.5) is 4.39 Å². The van der Waals surface area contributed by atoms with E-state index in [9.17, 15) is 4.39 Å². The number of hydrogen-bond donors (Lipinski definition) is 1. The zero-order chi connectivity index (χ0) is 18.3. The molecule has 4 rings (SSSR count). The molecule has 0 amide bonds. The molecule has 1 aliphatic heterocycles. The fourth-order valence-corrected chi connectivity index (χ4v) is 4.68. The number of likely N-dealkylation sites (tertiary alicyclic amines) is 1. The number of piperidine rings is 1. The molecule has 1 saturated heterocycles. The number of para-hydroxylation sites is 1. The molecule has 138 valence electrons. The van der Waals surface area contributed by atoms with Gasteiger partial charge in [0.15, 0.2) is 11.6 Å². The van der Waals surface area contributed by atoms with Gasteiger partial charge in [0.25, 0.3) is 0 Å². The van der Waals surface area contributed by atoms with Gasteiger partial charge in [0.05, 0.1) is 6.04 Å². The number of nitrogens with two attached hydrogens (primary N) is 1. The number of rotatable bonds is 3. The van der Waals surface area contributed by atoms with Crippen molar-refractivity contribution in [3.63, 3.8) is 0 Å². The van der Waals surface area contributed by atoms with Crippen molar-refractivity contribution in [2.45, 2.75) is 37.5 Å². The lowest BCUT2D eigenvalue weighted by Gasteiger charge is -2.38. The van der Waals surface area contributed by atoms with Gasteiger partial charge in [-0.1, -0.05) is 35.3 Å². The summed E-state index contributed by atoms with van der Waals surface area (Å²) in [5.41, 5.74) is 8.15. The lowest BCUT2D eigenvalue weighted by atomic mass is 10.0. The minimum atomic E-state index is -0.372. The monoisotopic (exact) mass is 394 g/mol. The van der Waals surface area contributed by atoms with Gasteiger partial charge >= 0.3 is 0 Å². The number of halogens is 3. The first-order valence-corrected chi connectivity index (χ1v) is 9.67. The highest BCUT2D eigenvalue weighted by Crippen LogP contribution is 2.43. The fraction of sp³-hybridized carbons (Fsp3) is 0.400. The quantitative estimate of drug-likeness (QED) is 0.826. The number of nitrogens with zero attached hydrogens (tertiary/aromatic N) is 1. The highest BCUT2D eigenvalue weighted by Gasteiger charge is 2.40. The van der Waals surface area contributed by atoms with Crippen molar-refractivity contribution in [3.05, 3.63) is 63.4 Å². The molecule has 1 heterocycles. The van der Waals surface area contributed by atoms with E-state index in [0.717, 1.165) is 43.5 Å². The molecule has 0 radical (unpaired) electrons. The average molecular weight is 395 g/mol. The standard InChI is InChI=1S/C20H21Cl2FN2O/c21-12-8-15-14(16(22)9-12)10-18(25-7-3-4-13(24)11-25)20(15)26-19-6-2-1-5-17(19)23/h1-2,5-6,8-9,13,18,20H,3-4,7,10-11,24H2/t13-,18?,20+/m1/s1. The van der Waals surface area contributed by atoms with Crippen LogP contribution in [0.15, 0.2) is 36.4 Å². The van der Waals surface area contributed by atoms with Crippen molar-refractivity contribution >= 4 is 23.2 Å². The molecule has 0 aromatic heterocycles. The molecule has 3 atom stereocenters. The van der Waals surface area contributed by atoms with E-state index < -0.39 is 0 Å². The highest BCUT2D eigenvalue weighted by molar-refractivity contribution is 6.35. The third-order valence-electron chi connectivity index (χ3n) is 5.31. The summed E-state index contributed by atoms with van der Waals surface area (Å²) in [6.07, 6.45) is 2.50. The van der Waals surface area contributed by atoms with Crippen LogP contribution in [-0.2, 0) is 6.42 Å². The van der Waals surface area contributed by atoms with Gasteiger partial charge in [0.2, 0.25) is 0 Å². The molecular formula is C20H21Cl2FN2O. The van der Waals surface area contributed by atoms with Gasteiger partial charge in [0.1, 0.15) is 6.10 Å². The van der Waals surface area contributed by atoms with E-state index in [4.69, 9.17) is 33.7 Å². The number of fused-ring (bicyclic) bond motifs is 1. The van der Waals surface area contributed by atoms with Crippen LogP contribution in [-0.4, -0.2) is 30.1 Å². The normalized spacial score (nSPS) is 25.9. The van der Waals surface area contributed by atoms with Crippen molar-refractivity contribution in [1.29, 1.82) is 0 Å². The Kier molecular flexibility index (Phi) is 5.11. The number of benzene rings is 2. The van der Waals surface area contributed by atoms with Crippen LogP contribution in [0.2, 0.25) is 10.0 Å². The number of hydrogen-bond acceptors (Lipinski definition) is 3. The smallest absolute Gasteiger partial charge is 0.165 e. The zero-order valence-corrected chi connectivity index (χ0v) is 15.8. The molecule has 1 unspecified atom stereocenters. The van der Waals surface area contributed by atoms with Gasteiger partial charge in [-0.15, -0.1) is 0 Å². The molecule has 2 N–H and O–H groups in total. The molecule has 1 fully saturated rings. The second-order valence-electron chi connectivity index (χ2n) is 7.09. The van der Waals surface area contributed by atoms with Crippen molar-refractivity contribution < 1.29 is 9.13 Å². The molecule has 6 heteroatoms. The van der Waals surface area contributed by atoms with Gasteiger partial charge in [-0.25, -0.2) is 4.39 Å². The van der Waals surface area contributed by atoms with Crippen molar-refractivity contribution in [2.24, 2.45) is 5.73 Å². The van der Waals surface area contributed by atoms with Gasteiger partial charge in [-0.05, 0) is 55.6 Å². The van der Waals surface area contributed by atoms with Crippen molar-refractivity contribution in [2.75, 3.05) is 13.1 Å². The van der Waals surface area contributed by atoms with E-state index in [1.807, 2.05) is 6.07 Å². The Hall–Kier alpha value is -1.33. The Morgan fingerprint density at radius 1 is 1.19 bits per heavy atom. The highest BCUT2D eigenvalue weighted by atomic mass is 35.5. The summed E-state index contributed by atoms with van der Waals surface area (Å²) >= 11 is 12.7. The predicted octanol–water partition coefficient (Wildman–Crippen LogP) is 4.60. The molecule has 0 spiro atoms. The maximum Gasteiger partial charge on any atom is 0.165 e. The maximum atomic E-state index is 14.2. The van der Waals surface area contributed by atoms with E-state index >= 15 is 0 Å². The Bertz CT molecular complexity index is 816. The zero-order valence-electron chi connectivity index (χ0n) is 14.3. The summed E-state index contributed by atoms with van der Waals surface area (Å²) in [5.74, 6) is -0.129. The molecule has 2 aliphatic rings. The van der Waals surface area contributed by atoms with Gasteiger partial charge in [-0.2, -0.15) is 0 Å². The third-order valence-corrected chi connectivity index (χ3v) is 5.87. The van der Waals surface area contributed by atoms with Crippen LogP contribution in [0, 0.1) is 5.82 Å². The van der Waals surface area contributed by atoms with E-state index in [1.165, 1.54) is 6.07 Å². The van der Waals surface area contributed by atoms with E-state index in [0.29, 0.717) is 10.0 Å². The Balaban J connectivity index is 1.71. The molecule has 0 saturated carbocycles. The first-order valence-electron chi connectivity index (χ1n) is 8.91. The molecule has 26 heavy (non-hydrogen) atoms. The van der Waals surface area contributed by atoms with Crippen molar-refractivity contribution in [1.82, 2.24) is 4.90 Å². The first kappa shape index (κ1) is 18.1. The summed E-state index contributed by atoms with van der Waals surface area (Å²) in [6.45, 7) is 1.76. The van der Waals surface area contributed by atoms with Crippen LogP contribution in [0.1, 0.15) is 30.1 Å². The maximum absolute atomic E-state index is 14.2. The van der Waals surface area contributed by atoms with Gasteiger partial charge in [0, 0.05) is 28.2 Å². The topological polar surface area (TPSA) is 38.5 Å². The van der Waals surface area contributed by atoms with Crippen molar-refractivity contribution in [3.8, 4) is 5.75 Å². The summed E-state index contributed by atoms with van der Waals surface area (Å²) < 4.78 is 20.4. The lowest BCUT2D eigenvalue weighted by molar-refractivity contribution is 0.0571. The van der Waals surface area contributed by atoms with Crippen LogP contribution < -0.4 is 10.5 Å². The first-order chi connectivity index (χ1) is 12.5. The van der Waals surface area contributed by atoms with Gasteiger partial charge < -0.3 is 10.5 Å². The molecule has 2 aromatic rings. The minimum Gasteiger partial charge on any atom is -0.481 e. The number of ether oxygens (including phenoxy) is 1. The third kappa shape index (κ3) is 3.44. The Labute approximate surface area is 162 Å². The minimum absolute atomic E-state index is 0.0620. The van der Waals surface area contributed by atoms with E-state index in [-0.39, 0.29) is 29.8 Å². The molecule has 2 aromatic carbocycles. The second kappa shape index (κ2) is 7.35. The summed E-state index contributed by atoms with van der Waals surface area (Å²) in [7, 11) is 0. The fourth-order valence-electron chi connectivity index (χ4n) is 4.10. The Morgan fingerprint density at radius 2 is 2.00 bits per heavy atom. The van der Waals surface area contributed by atoms with Crippen LogP contribution in [0.3, 0.4) is 0 Å². The Morgan fingerprint density at radius 3 is 2.77 bits per heavy atom. The summed E-state index contributed by atoms with van der Waals surface area (Å²) in [4.78, 5) is 2.35. The summed E-state index contributed by atoms with van der Waals surface area (Å²) in [6, 6.07) is 10.3. The lowest BCUT2D eigenvalue weighted by Crippen LogP contribution is -2.49. The van der Waals surface area contributed by atoms with Gasteiger partial charge in [-0.3, -0.25) is 4.90 Å². The molecular weight excluding hydrogens is 374 g/mol. The molecule has 1 aliphatic carbocycles. The molecule has 0 bridgehead atoms. The molecule has 3 nitrogen and oxygen atoms in total. The van der Waals surface area contributed by atoms with E-state index in [2.05, 4.69) is 4.90 Å². The van der Waals surface area contributed by atoms with E-state index in [1.54, 1.807) is 24.3 Å². The second-order valence-corrected chi connectivity index (χ2v) is 7.94. The average Bonchev–Trinajstić information content (AvgIpc) is 2.96. The SMILES string of the molecule is N[C@@H]1CCCN(C2Cc3c(Cl)cc(Cl)cc3[C@@H]2Oc2ccccc2F)C1. The summed E-state index contributed by atoms with van der Waals surface area (Å²) in [5, 5.41) is 1.20. The largest absolute Gasteiger partial charge is 0.481 e.